The van der Waals surface area contributed by atoms with E-state index in [1.54, 1.807) is 23.7 Å². The Hall–Kier alpha value is -1.91. The van der Waals surface area contributed by atoms with Crippen LogP contribution in [0.2, 0.25) is 5.28 Å². The van der Waals surface area contributed by atoms with Crippen LogP contribution in [0.25, 0.3) is 10.2 Å². The standard InChI is InChI=1S/C19H22ClN7OS/c20-19-24-13-12-14(29-16(13)18(25-19)27-8-10-28-11-9-27)15(17-22-2-1-3-23-17)26-6-4-21-5-7-26/h1-3,12,15,21H,4-11H2. The average molecular weight is 432 g/mol. The van der Waals surface area contributed by atoms with Crippen LogP contribution in [-0.4, -0.2) is 77.3 Å². The Labute approximate surface area is 177 Å². The third kappa shape index (κ3) is 3.93. The summed E-state index contributed by atoms with van der Waals surface area (Å²) in [6.45, 7) is 6.81. The minimum atomic E-state index is -0.00573. The SMILES string of the molecule is Clc1nc(N2CCOCC2)c2sc(C(c3ncccn3)N3CCNCC3)cc2n1. The maximum absolute atomic E-state index is 6.28. The van der Waals surface area contributed by atoms with E-state index in [0.717, 1.165) is 61.1 Å². The molecule has 152 valence electrons. The van der Waals surface area contributed by atoms with Gasteiger partial charge in [-0.05, 0) is 23.7 Å². The fourth-order valence-corrected chi connectivity index (χ4v) is 5.31. The summed E-state index contributed by atoms with van der Waals surface area (Å²) in [6, 6.07) is 3.97. The highest BCUT2D eigenvalue weighted by atomic mass is 35.5. The number of piperazine rings is 1. The molecule has 0 amide bonds. The molecule has 10 heteroatoms. The lowest BCUT2D eigenvalue weighted by Gasteiger charge is -2.33. The molecule has 0 bridgehead atoms. The second-order valence-electron chi connectivity index (χ2n) is 7.07. The van der Waals surface area contributed by atoms with Gasteiger partial charge in [0.05, 0.1) is 23.4 Å². The first-order valence-corrected chi connectivity index (χ1v) is 11.0. The van der Waals surface area contributed by atoms with Gasteiger partial charge in [-0.1, -0.05) is 0 Å². The van der Waals surface area contributed by atoms with Crippen molar-refractivity contribution >= 4 is 39.0 Å². The van der Waals surface area contributed by atoms with Crippen LogP contribution in [0.1, 0.15) is 16.7 Å². The van der Waals surface area contributed by atoms with Gasteiger partial charge in [-0.3, -0.25) is 4.90 Å². The number of nitrogens with zero attached hydrogens (tertiary/aromatic N) is 6. The molecular formula is C19H22ClN7OS. The quantitative estimate of drug-likeness (QED) is 0.628. The third-order valence-corrected chi connectivity index (χ3v) is 6.61. The Morgan fingerprint density at radius 2 is 1.83 bits per heavy atom. The molecule has 29 heavy (non-hydrogen) atoms. The molecule has 5 heterocycles. The first-order valence-electron chi connectivity index (χ1n) is 9.81. The lowest BCUT2D eigenvalue weighted by molar-refractivity contribution is 0.122. The zero-order valence-corrected chi connectivity index (χ0v) is 17.5. The summed E-state index contributed by atoms with van der Waals surface area (Å²) >= 11 is 7.99. The van der Waals surface area contributed by atoms with E-state index in [0.29, 0.717) is 13.2 Å². The van der Waals surface area contributed by atoms with E-state index in [1.165, 1.54) is 4.88 Å². The van der Waals surface area contributed by atoms with Crippen LogP contribution in [0.15, 0.2) is 24.5 Å². The van der Waals surface area contributed by atoms with Crippen LogP contribution in [0.3, 0.4) is 0 Å². The van der Waals surface area contributed by atoms with Crippen molar-refractivity contribution in [1.29, 1.82) is 0 Å². The molecular weight excluding hydrogens is 410 g/mol. The van der Waals surface area contributed by atoms with Gasteiger partial charge in [-0.25, -0.2) is 15.0 Å². The van der Waals surface area contributed by atoms with E-state index in [9.17, 15) is 0 Å². The van der Waals surface area contributed by atoms with Crippen molar-refractivity contribution in [2.75, 3.05) is 57.4 Å². The van der Waals surface area contributed by atoms with Crippen LogP contribution in [-0.2, 0) is 4.74 Å². The van der Waals surface area contributed by atoms with Crippen molar-refractivity contribution in [3.63, 3.8) is 0 Å². The van der Waals surface area contributed by atoms with Crippen molar-refractivity contribution in [2.45, 2.75) is 6.04 Å². The van der Waals surface area contributed by atoms with Gasteiger partial charge in [0.15, 0.2) is 11.6 Å². The van der Waals surface area contributed by atoms with Crippen LogP contribution >= 0.6 is 22.9 Å². The number of thiophene rings is 1. The Morgan fingerprint density at radius 3 is 2.59 bits per heavy atom. The van der Waals surface area contributed by atoms with E-state index in [4.69, 9.17) is 16.3 Å². The fraction of sp³-hybridized carbons (Fsp3) is 0.474. The van der Waals surface area contributed by atoms with E-state index in [-0.39, 0.29) is 11.3 Å². The smallest absolute Gasteiger partial charge is 0.224 e. The maximum atomic E-state index is 6.28. The van der Waals surface area contributed by atoms with E-state index in [2.05, 4.69) is 41.1 Å². The van der Waals surface area contributed by atoms with E-state index < -0.39 is 0 Å². The third-order valence-electron chi connectivity index (χ3n) is 5.27. The number of nitrogens with one attached hydrogen (secondary N) is 1. The molecule has 2 aliphatic rings. The van der Waals surface area contributed by atoms with Gasteiger partial charge < -0.3 is 15.0 Å². The van der Waals surface area contributed by atoms with Crippen molar-refractivity contribution in [3.8, 4) is 0 Å². The molecule has 2 fully saturated rings. The predicted molar refractivity (Wildman–Crippen MR) is 114 cm³/mol. The Bertz CT molecular complexity index is 973. The molecule has 5 rings (SSSR count). The Balaban J connectivity index is 1.60. The fourth-order valence-electron chi connectivity index (χ4n) is 3.89. The molecule has 3 aromatic heterocycles. The minimum absolute atomic E-state index is 0.00573. The normalized spacial score (nSPS) is 19.6. The number of hydrogen-bond acceptors (Lipinski definition) is 9. The van der Waals surface area contributed by atoms with Crippen molar-refractivity contribution < 1.29 is 4.74 Å². The molecule has 0 aromatic carbocycles. The highest BCUT2D eigenvalue weighted by molar-refractivity contribution is 7.19. The monoisotopic (exact) mass is 431 g/mol. The second kappa shape index (κ2) is 8.45. The van der Waals surface area contributed by atoms with Crippen LogP contribution < -0.4 is 10.2 Å². The average Bonchev–Trinajstić information content (AvgIpc) is 3.18. The van der Waals surface area contributed by atoms with Crippen molar-refractivity contribution in [2.24, 2.45) is 0 Å². The van der Waals surface area contributed by atoms with Gasteiger partial charge in [0, 0.05) is 56.5 Å². The predicted octanol–water partition coefficient (Wildman–Crippen LogP) is 1.97. The number of fused-ring (bicyclic) bond motifs is 1. The summed E-state index contributed by atoms with van der Waals surface area (Å²) in [6.07, 6.45) is 3.61. The molecule has 1 unspecified atom stereocenters. The maximum Gasteiger partial charge on any atom is 0.224 e. The van der Waals surface area contributed by atoms with E-state index >= 15 is 0 Å². The van der Waals surface area contributed by atoms with Gasteiger partial charge in [-0.15, -0.1) is 11.3 Å². The molecule has 3 aromatic rings. The lowest BCUT2D eigenvalue weighted by atomic mass is 10.1. The highest BCUT2D eigenvalue weighted by Gasteiger charge is 2.29. The summed E-state index contributed by atoms with van der Waals surface area (Å²) in [5.74, 6) is 1.71. The molecule has 0 radical (unpaired) electrons. The molecule has 2 aliphatic heterocycles. The van der Waals surface area contributed by atoms with E-state index in [1.807, 2.05) is 6.07 Å². The van der Waals surface area contributed by atoms with Gasteiger partial charge in [-0.2, -0.15) is 4.98 Å². The lowest BCUT2D eigenvalue weighted by Crippen LogP contribution is -2.45. The van der Waals surface area contributed by atoms with Crippen LogP contribution in [0, 0.1) is 0 Å². The number of halogens is 1. The number of aromatic nitrogens is 4. The zero-order chi connectivity index (χ0) is 19.6. The molecule has 1 atom stereocenters. The van der Waals surface area contributed by atoms with Gasteiger partial charge in [0.25, 0.3) is 0 Å². The van der Waals surface area contributed by atoms with Gasteiger partial charge >= 0.3 is 0 Å². The minimum Gasteiger partial charge on any atom is -0.378 e. The number of rotatable bonds is 4. The first kappa shape index (κ1) is 19.1. The first-order chi connectivity index (χ1) is 14.3. The largest absolute Gasteiger partial charge is 0.378 e. The number of ether oxygens (including phenoxy) is 1. The molecule has 8 nitrogen and oxygen atoms in total. The Kier molecular flexibility index (Phi) is 5.56. The van der Waals surface area contributed by atoms with Gasteiger partial charge in [0.1, 0.15) is 6.04 Å². The Morgan fingerprint density at radius 1 is 1.07 bits per heavy atom. The summed E-state index contributed by atoms with van der Waals surface area (Å²) in [7, 11) is 0. The molecule has 2 saturated heterocycles. The molecule has 0 spiro atoms. The van der Waals surface area contributed by atoms with Crippen molar-refractivity contribution in [3.05, 3.63) is 40.5 Å². The van der Waals surface area contributed by atoms with Crippen LogP contribution in [0.4, 0.5) is 5.82 Å². The summed E-state index contributed by atoms with van der Waals surface area (Å²) in [5.41, 5.74) is 0.877. The number of anilines is 1. The summed E-state index contributed by atoms with van der Waals surface area (Å²) in [4.78, 5) is 24.1. The molecule has 0 aliphatic carbocycles. The zero-order valence-electron chi connectivity index (χ0n) is 15.9. The molecule has 1 N–H and O–H groups in total. The number of morpholine rings is 1. The van der Waals surface area contributed by atoms with Crippen LogP contribution in [0.5, 0.6) is 0 Å². The molecule has 0 saturated carbocycles. The highest BCUT2D eigenvalue weighted by Crippen LogP contribution is 2.39. The summed E-state index contributed by atoms with van der Waals surface area (Å²) < 4.78 is 6.56. The van der Waals surface area contributed by atoms with Crippen molar-refractivity contribution in [1.82, 2.24) is 30.2 Å². The van der Waals surface area contributed by atoms with Gasteiger partial charge in [0.2, 0.25) is 5.28 Å². The summed E-state index contributed by atoms with van der Waals surface area (Å²) in [5, 5.41) is 3.70. The number of hydrogen-bond donors (Lipinski definition) is 1. The topological polar surface area (TPSA) is 79.3 Å². The second-order valence-corrected chi connectivity index (χ2v) is 8.50.